The summed E-state index contributed by atoms with van der Waals surface area (Å²) in [5, 5.41) is 39.7. The monoisotopic (exact) mass is 876 g/mol. The van der Waals surface area contributed by atoms with Crippen LogP contribution in [0.1, 0.15) is 99.7 Å². The number of Topliss-reactive ketones (excluding diaryl/α,β-unsaturated/α-hetero) is 3. The lowest BCUT2D eigenvalue weighted by atomic mass is 9.78. The molecule has 3 aliphatic heterocycles. The second-order valence-corrected chi connectivity index (χ2v) is 17.2. The average Bonchev–Trinajstić information content (AvgIpc) is 3.54. The van der Waals surface area contributed by atoms with Crippen molar-refractivity contribution in [2.45, 2.75) is 92.5 Å². The fourth-order valence-electron chi connectivity index (χ4n) is 8.16. The molecule has 64 heavy (non-hydrogen) atoms. The third-order valence-electron chi connectivity index (χ3n) is 12.5. The van der Waals surface area contributed by atoms with Crippen molar-refractivity contribution in [3.63, 3.8) is 0 Å². The van der Waals surface area contributed by atoms with E-state index in [0.29, 0.717) is 5.69 Å². The van der Waals surface area contributed by atoms with Crippen LogP contribution in [0.15, 0.2) is 96.1 Å². The molecule has 0 saturated carbocycles. The van der Waals surface area contributed by atoms with Gasteiger partial charge in [0.1, 0.15) is 22.9 Å². The highest BCUT2D eigenvalue weighted by Gasteiger charge is 2.53. The molecule has 4 aliphatic rings. The molecular weight excluding hydrogens is 821 g/mol. The minimum Gasteiger partial charge on any atom is -0.454 e. The predicted molar refractivity (Wildman–Crippen MR) is 238 cm³/mol. The first-order valence-corrected chi connectivity index (χ1v) is 21.2. The lowest BCUT2D eigenvalue weighted by molar-refractivity contribution is -0.116. The minimum atomic E-state index is -2.14. The van der Waals surface area contributed by atoms with Gasteiger partial charge in [-0.2, -0.15) is 0 Å². The van der Waals surface area contributed by atoms with E-state index in [0.717, 1.165) is 11.1 Å². The number of anilines is 1. The second kappa shape index (κ2) is 18.9. The molecule has 3 aromatic rings. The van der Waals surface area contributed by atoms with E-state index in [1.165, 1.54) is 58.4 Å². The lowest BCUT2D eigenvalue weighted by Gasteiger charge is -2.36. The Hall–Kier alpha value is -6.19. The van der Waals surface area contributed by atoms with Gasteiger partial charge in [-0.05, 0) is 58.0 Å². The number of carbonyl (C=O) groups excluding carboxylic acids is 5. The van der Waals surface area contributed by atoms with Gasteiger partial charge in [-0.15, -0.1) is 0 Å². The Morgan fingerprint density at radius 3 is 1.98 bits per heavy atom. The molecule has 5 N–H and O–H groups in total. The Balaban J connectivity index is 1.56. The molecule has 338 valence electrons. The highest BCUT2D eigenvalue weighted by molar-refractivity contribution is 6.33. The molecule has 3 heterocycles. The van der Waals surface area contributed by atoms with Gasteiger partial charge < -0.3 is 44.9 Å². The van der Waals surface area contributed by atoms with E-state index in [1.54, 1.807) is 76.2 Å². The molecule has 9 unspecified atom stereocenters. The van der Waals surface area contributed by atoms with Crippen molar-refractivity contribution in [3.05, 3.63) is 135 Å². The van der Waals surface area contributed by atoms with E-state index in [2.05, 4.69) is 10.6 Å². The molecule has 1 aliphatic carbocycles. The van der Waals surface area contributed by atoms with Crippen LogP contribution in [0, 0.1) is 44.4 Å². The van der Waals surface area contributed by atoms with Crippen molar-refractivity contribution >= 4 is 34.9 Å². The second-order valence-electron chi connectivity index (χ2n) is 17.2. The summed E-state index contributed by atoms with van der Waals surface area (Å²) < 4.78 is 24.0. The number of amides is 1. The van der Waals surface area contributed by atoms with Crippen LogP contribution in [-0.2, 0) is 14.3 Å². The number of hydrogen-bond acceptors (Lipinski definition) is 13. The molecule has 0 aromatic heterocycles. The number of allylic oxidation sites excluding steroid dienone is 4. The van der Waals surface area contributed by atoms with Crippen molar-refractivity contribution < 1.29 is 58.2 Å². The highest BCUT2D eigenvalue weighted by Crippen LogP contribution is 2.49. The Kier molecular flexibility index (Phi) is 14.0. The number of nitrogens with one attached hydrogen (secondary N) is 2. The molecule has 0 spiro atoms. The maximum Gasteiger partial charge on any atom is 0.343 e. The molecule has 0 saturated heterocycles. The van der Waals surface area contributed by atoms with E-state index in [9.17, 15) is 29.7 Å². The number of methoxy groups -OCH3 is 1. The van der Waals surface area contributed by atoms with E-state index in [4.69, 9.17) is 18.9 Å². The standard InChI is InChI=1S/C50H56N2O12/c1-24-14-18-32(19-15-24)49(60)63-45-31(8)46-37-35-36(45)44(57)39(38(43(35)56)51-33-20-16-25(2)17-21-33)52-48(59)27(4)13-11-12-26(3)40(53)29(6)42(55)30(7)41(54)28(5)34(61-10)22-23-62-50(9,64-46)47(37)58/h11-23,26,28-30,34,40-42,51,53-55H,1-10H3,(H,52,59). The van der Waals surface area contributed by atoms with E-state index in [-0.39, 0.29) is 39.5 Å². The summed E-state index contributed by atoms with van der Waals surface area (Å²) in [5.74, 6) is -9.59. The van der Waals surface area contributed by atoms with Crippen LogP contribution >= 0.6 is 0 Å². The van der Waals surface area contributed by atoms with Crippen LogP contribution in [-0.4, -0.2) is 81.9 Å². The summed E-state index contributed by atoms with van der Waals surface area (Å²) in [6.07, 6.45) is 3.15. The summed E-state index contributed by atoms with van der Waals surface area (Å²) in [6, 6.07) is 13.4. The number of hydrogen-bond donors (Lipinski definition) is 5. The number of ether oxygens (including phenoxy) is 4. The van der Waals surface area contributed by atoms with Crippen LogP contribution in [0.5, 0.6) is 11.5 Å². The predicted octanol–water partition coefficient (Wildman–Crippen LogP) is 6.63. The maximum atomic E-state index is 15.1. The minimum absolute atomic E-state index is 0.0250. The molecule has 0 fully saturated rings. The van der Waals surface area contributed by atoms with Gasteiger partial charge >= 0.3 is 11.8 Å². The Labute approximate surface area is 372 Å². The van der Waals surface area contributed by atoms with Crippen LogP contribution in [0.2, 0.25) is 0 Å². The largest absolute Gasteiger partial charge is 0.454 e. The van der Waals surface area contributed by atoms with Crippen molar-refractivity contribution in [1.82, 2.24) is 5.32 Å². The molecule has 7 rings (SSSR count). The summed E-state index contributed by atoms with van der Waals surface area (Å²) in [5.41, 5.74) is 0.388. The average molecular weight is 877 g/mol. The summed E-state index contributed by atoms with van der Waals surface area (Å²) in [6.45, 7) is 14.8. The first kappa shape index (κ1) is 47.3. The van der Waals surface area contributed by atoms with E-state index < -0.39 is 99.9 Å². The number of carbonyl (C=O) groups is 5. The topological polar surface area (TPSA) is 207 Å². The Bertz CT molecular complexity index is 2480. The number of aryl methyl sites for hydroxylation is 2. The number of aliphatic hydroxyl groups excluding tert-OH is 3. The van der Waals surface area contributed by atoms with Gasteiger partial charge in [-0.1, -0.05) is 81.3 Å². The highest BCUT2D eigenvalue weighted by atomic mass is 16.7. The Morgan fingerprint density at radius 1 is 0.766 bits per heavy atom. The summed E-state index contributed by atoms with van der Waals surface area (Å²) in [4.78, 5) is 72.7. The molecular formula is C50H56N2O12. The van der Waals surface area contributed by atoms with Gasteiger partial charge in [0.2, 0.25) is 11.6 Å². The summed E-state index contributed by atoms with van der Waals surface area (Å²) >= 11 is 0. The number of ketones is 3. The van der Waals surface area contributed by atoms with Gasteiger partial charge in [0.15, 0.2) is 0 Å². The van der Waals surface area contributed by atoms with Gasteiger partial charge in [0.25, 0.3) is 11.7 Å². The van der Waals surface area contributed by atoms with Crippen LogP contribution in [0.4, 0.5) is 5.69 Å². The quantitative estimate of drug-likeness (QED) is 0.135. The molecule has 3 aromatic carbocycles. The third-order valence-corrected chi connectivity index (χ3v) is 12.5. The molecule has 14 nitrogen and oxygen atoms in total. The van der Waals surface area contributed by atoms with Gasteiger partial charge in [-0.3, -0.25) is 19.2 Å². The fourth-order valence-corrected chi connectivity index (χ4v) is 8.16. The van der Waals surface area contributed by atoms with Crippen molar-refractivity contribution in [2.24, 2.45) is 23.7 Å². The van der Waals surface area contributed by atoms with Crippen molar-refractivity contribution in [1.29, 1.82) is 0 Å². The Morgan fingerprint density at radius 2 is 1.36 bits per heavy atom. The molecule has 9 atom stereocenters. The number of fused-ring (bicyclic) bond motifs is 14. The summed E-state index contributed by atoms with van der Waals surface area (Å²) in [7, 11) is 1.42. The molecule has 1 amide bonds. The zero-order chi connectivity index (χ0) is 46.9. The van der Waals surface area contributed by atoms with Crippen LogP contribution < -0.4 is 20.1 Å². The zero-order valence-electron chi connectivity index (χ0n) is 37.6. The normalized spacial score (nSPS) is 27.7. The SMILES string of the molecule is COC1C=COC2(C)Oc3c(C)c(OC(=O)c4ccc(C)cc4)c4c(c3C2=O)C(=O)C(Nc2ccc(C)cc2)=C(NC(=O)C(C)=CC=CC(C)C(O)C(C)C(O)C(C)C(O)C1C)C4=O. The number of esters is 1. The van der Waals surface area contributed by atoms with Crippen LogP contribution in [0.25, 0.3) is 0 Å². The fraction of sp³-hybridized carbons (Fsp3) is 0.380. The maximum absolute atomic E-state index is 15.1. The van der Waals surface area contributed by atoms with Gasteiger partial charge in [-0.25, -0.2) is 4.79 Å². The van der Waals surface area contributed by atoms with E-state index in [1.807, 2.05) is 13.8 Å². The number of benzene rings is 3. The zero-order valence-corrected chi connectivity index (χ0v) is 37.6. The van der Waals surface area contributed by atoms with Crippen molar-refractivity contribution in [2.75, 3.05) is 12.4 Å². The van der Waals surface area contributed by atoms with E-state index >= 15 is 9.59 Å². The third kappa shape index (κ3) is 9.09. The van der Waals surface area contributed by atoms with Crippen molar-refractivity contribution in [3.8, 4) is 11.5 Å². The van der Waals surface area contributed by atoms with Gasteiger partial charge in [0.05, 0.1) is 52.9 Å². The molecule has 5 bridgehead atoms. The smallest absolute Gasteiger partial charge is 0.343 e. The first-order valence-electron chi connectivity index (χ1n) is 21.2. The van der Waals surface area contributed by atoms with Gasteiger partial charge in [0, 0.05) is 54.5 Å². The number of rotatable bonds is 5. The molecule has 0 radical (unpaired) electrons. The number of aliphatic hydroxyl groups is 3. The lowest BCUT2D eigenvalue weighted by Crippen LogP contribution is -2.45. The first-order chi connectivity index (χ1) is 30.2. The van der Waals surface area contributed by atoms with Crippen LogP contribution in [0.3, 0.4) is 0 Å². The molecule has 14 heteroatoms.